The Hall–Kier alpha value is -0.480. The fraction of sp³-hybridized carbons (Fsp3) is 0.667. The summed E-state index contributed by atoms with van der Waals surface area (Å²) in [5.74, 6) is 1.67. The van der Waals surface area contributed by atoms with E-state index in [9.17, 15) is 0 Å². The molecule has 1 saturated heterocycles. The first kappa shape index (κ1) is 22.5. The minimum absolute atomic E-state index is 0. The first-order chi connectivity index (χ1) is 10.1. The second-order valence-corrected chi connectivity index (χ2v) is 6.67. The zero-order valence-electron chi connectivity index (χ0n) is 14.7. The average molecular weight is 363 g/mol. The summed E-state index contributed by atoms with van der Waals surface area (Å²) in [6.07, 6.45) is 1.44. The van der Waals surface area contributed by atoms with Crippen molar-refractivity contribution in [3.05, 3.63) is 29.8 Å². The van der Waals surface area contributed by atoms with Gasteiger partial charge in [-0.25, -0.2) is 0 Å². The summed E-state index contributed by atoms with van der Waals surface area (Å²) in [4.78, 5) is 2.62. The van der Waals surface area contributed by atoms with E-state index in [1.807, 2.05) is 0 Å². The molecule has 0 spiro atoms. The van der Waals surface area contributed by atoms with E-state index >= 15 is 0 Å². The predicted octanol–water partition coefficient (Wildman–Crippen LogP) is 4.31. The molecular weight excluding hydrogens is 331 g/mol. The Morgan fingerprint density at radius 1 is 1.00 bits per heavy atom. The van der Waals surface area contributed by atoms with Crippen molar-refractivity contribution < 1.29 is 4.74 Å². The Morgan fingerprint density at radius 2 is 1.57 bits per heavy atom. The molecule has 0 saturated carbocycles. The summed E-state index contributed by atoms with van der Waals surface area (Å²) in [7, 11) is 0. The van der Waals surface area contributed by atoms with Crippen molar-refractivity contribution in [2.24, 2.45) is 5.92 Å². The number of ether oxygens (including phenoxy) is 1. The van der Waals surface area contributed by atoms with Crippen LogP contribution in [0.15, 0.2) is 24.3 Å². The van der Waals surface area contributed by atoms with Crippen LogP contribution in [0, 0.1) is 5.92 Å². The highest BCUT2D eigenvalue weighted by Crippen LogP contribution is 2.29. The molecule has 1 fully saturated rings. The Kier molecular flexibility index (Phi) is 10.9. The van der Waals surface area contributed by atoms with Gasteiger partial charge in [0.1, 0.15) is 5.75 Å². The average Bonchev–Trinajstić information content (AvgIpc) is 2.46. The molecule has 3 nitrogen and oxygen atoms in total. The quantitative estimate of drug-likeness (QED) is 0.815. The molecule has 0 radical (unpaired) electrons. The van der Waals surface area contributed by atoms with E-state index in [0.717, 1.165) is 31.9 Å². The molecule has 23 heavy (non-hydrogen) atoms. The Balaban J connectivity index is 0.00000242. The van der Waals surface area contributed by atoms with Crippen molar-refractivity contribution in [2.75, 3.05) is 26.2 Å². The Labute approximate surface area is 154 Å². The normalized spacial score (nSPS) is 16.6. The molecule has 1 N–H and O–H groups in total. The van der Waals surface area contributed by atoms with Crippen LogP contribution >= 0.6 is 24.8 Å². The molecule has 0 aromatic heterocycles. The van der Waals surface area contributed by atoms with Crippen molar-refractivity contribution in [1.82, 2.24) is 10.2 Å². The number of rotatable bonds is 6. The van der Waals surface area contributed by atoms with Gasteiger partial charge >= 0.3 is 0 Å². The first-order valence-corrected chi connectivity index (χ1v) is 8.27. The summed E-state index contributed by atoms with van der Waals surface area (Å²) in [6.45, 7) is 13.2. The molecule has 134 valence electrons. The fourth-order valence-corrected chi connectivity index (χ4v) is 2.98. The number of nitrogens with zero attached hydrogens (tertiary/aromatic N) is 1. The van der Waals surface area contributed by atoms with Crippen molar-refractivity contribution in [1.29, 1.82) is 0 Å². The monoisotopic (exact) mass is 362 g/mol. The molecule has 5 heteroatoms. The highest BCUT2D eigenvalue weighted by atomic mass is 35.5. The lowest BCUT2D eigenvalue weighted by Crippen LogP contribution is -2.45. The smallest absolute Gasteiger partial charge is 0.119 e. The van der Waals surface area contributed by atoms with Crippen molar-refractivity contribution in [3.8, 4) is 5.75 Å². The van der Waals surface area contributed by atoms with Crippen LogP contribution in [0.2, 0.25) is 0 Å². The van der Waals surface area contributed by atoms with Crippen LogP contribution in [0.4, 0.5) is 0 Å². The van der Waals surface area contributed by atoms with Gasteiger partial charge in [-0.15, -0.1) is 24.8 Å². The molecule has 1 aromatic carbocycles. The summed E-state index contributed by atoms with van der Waals surface area (Å²) in [5, 5.41) is 3.44. The third kappa shape index (κ3) is 7.30. The molecule has 0 amide bonds. The van der Waals surface area contributed by atoms with Crippen molar-refractivity contribution in [2.45, 2.75) is 46.3 Å². The largest absolute Gasteiger partial charge is 0.491 e. The number of nitrogens with one attached hydrogen (secondary N) is 1. The molecule has 1 aromatic rings. The van der Waals surface area contributed by atoms with Crippen LogP contribution in [-0.4, -0.2) is 37.2 Å². The van der Waals surface area contributed by atoms with Gasteiger partial charge in [-0.05, 0) is 43.9 Å². The number of hydrogen-bond acceptors (Lipinski definition) is 3. The van der Waals surface area contributed by atoms with Gasteiger partial charge in [-0.3, -0.25) is 4.90 Å². The third-order valence-corrected chi connectivity index (χ3v) is 3.92. The first-order valence-electron chi connectivity index (χ1n) is 8.27. The van der Waals surface area contributed by atoms with Crippen LogP contribution < -0.4 is 10.1 Å². The molecule has 1 heterocycles. The van der Waals surface area contributed by atoms with E-state index in [0.29, 0.717) is 12.0 Å². The summed E-state index contributed by atoms with van der Waals surface area (Å²) in [6, 6.07) is 9.25. The molecule has 0 aliphatic carbocycles. The summed E-state index contributed by atoms with van der Waals surface area (Å²) < 4.78 is 5.75. The van der Waals surface area contributed by atoms with E-state index in [-0.39, 0.29) is 30.9 Å². The van der Waals surface area contributed by atoms with Gasteiger partial charge < -0.3 is 10.1 Å². The minimum Gasteiger partial charge on any atom is -0.491 e. The van der Waals surface area contributed by atoms with Crippen LogP contribution in [0.1, 0.15) is 45.7 Å². The van der Waals surface area contributed by atoms with Gasteiger partial charge in [0.15, 0.2) is 0 Å². The van der Waals surface area contributed by atoms with Gasteiger partial charge in [0.05, 0.1) is 6.10 Å². The van der Waals surface area contributed by atoms with Crippen molar-refractivity contribution >= 4 is 24.8 Å². The molecule has 2 rings (SSSR count). The molecule has 1 atom stereocenters. The number of benzene rings is 1. The second-order valence-electron chi connectivity index (χ2n) is 6.67. The fourth-order valence-electron chi connectivity index (χ4n) is 2.98. The summed E-state index contributed by atoms with van der Waals surface area (Å²) >= 11 is 0. The van der Waals surface area contributed by atoms with Crippen LogP contribution in [-0.2, 0) is 0 Å². The predicted molar refractivity (Wildman–Crippen MR) is 103 cm³/mol. The topological polar surface area (TPSA) is 24.5 Å². The van der Waals surface area contributed by atoms with E-state index < -0.39 is 0 Å². The zero-order valence-corrected chi connectivity index (χ0v) is 16.4. The van der Waals surface area contributed by atoms with E-state index in [2.05, 4.69) is 62.2 Å². The molecule has 1 aliphatic rings. The van der Waals surface area contributed by atoms with E-state index in [1.165, 1.54) is 12.0 Å². The number of piperazine rings is 1. The van der Waals surface area contributed by atoms with E-state index in [4.69, 9.17) is 4.74 Å². The van der Waals surface area contributed by atoms with Gasteiger partial charge in [-0.2, -0.15) is 0 Å². The maximum Gasteiger partial charge on any atom is 0.119 e. The van der Waals surface area contributed by atoms with E-state index in [1.54, 1.807) is 0 Å². The van der Waals surface area contributed by atoms with Crippen LogP contribution in [0.3, 0.4) is 0 Å². The highest BCUT2D eigenvalue weighted by molar-refractivity contribution is 5.85. The minimum atomic E-state index is 0. The van der Waals surface area contributed by atoms with Gasteiger partial charge in [-0.1, -0.05) is 26.0 Å². The highest BCUT2D eigenvalue weighted by Gasteiger charge is 2.22. The van der Waals surface area contributed by atoms with Gasteiger partial charge in [0, 0.05) is 32.2 Å². The molecule has 0 unspecified atom stereocenters. The lowest BCUT2D eigenvalue weighted by atomic mass is 9.95. The SMILES string of the molecule is CC(C)C[C@@H](c1ccc(OC(C)C)cc1)N1CCNCC1.Cl.Cl. The van der Waals surface area contributed by atoms with Gasteiger partial charge in [0.2, 0.25) is 0 Å². The lowest BCUT2D eigenvalue weighted by Gasteiger charge is -2.36. The zero-order chi connectivity index (χ0) is 15.2. The summed E-state index contributed by atoms with van der Waals surface area (Å²) in [5.41, 5.74) is 1.42. The van der Waals surface area contributed by atoms with Crippen molar-refractivity contribution in [3.63, 3.8) is 0 Å². The van der Waals surface area contributed by atoms with Crippen LogP contribution in [0.25, 0.3) is 0 Å². The Bertz CT molecular complexity index is 418. The molecule has 1 aliphatic heterocycles. The maximum atomic E-state index is 5.75. The molecular formula is C18H32Cl2N2O. The molecule has 0 bridgehead atoms. The number of halogens is 2. The Morgan fingerprint density at radius 3 is 2.04 bits per heavy atom. The van der Waals surface area contributed by atoms with Crippen LogP contribution in [0.5, 0.6) is 5.75 Å². The third-order valence-electron chi connectivity index (χ3n) is 3.92. The van der Waals surface area contributed by atoms with Gasteiger partial charge in [0.25, 0.3) is 0 Å². The second kappa shape index (κ2) is 11.1. The standard InChI is InChI=1S/C18H30N2O.2ClH/c1-14(2)13-18(20-11-9-19-10-12-20)16-5-7-17(8-6-16)21-15(3)4;;/h5-8,14-15,18-19H,9-13H2,1-4H3;2*1H/t18-;;/m0../s1. The number of hydrogen-bond donors (Lipinski definition) is 1. The lowest BCUT2D eigenvalue weighted by molar-refractivity contribution is 0.154. The maximum absolute atomic E-state index is 5.75.